The third-order valence-corrected chi connectivity index (χ3v) is 11.1. The Morgan fingerprint density at radius 3 is 2.17 bits per heavy atom. The first kappa shape index (κ1) is 44.8. The third-order valence-electron chi connectivity index (χ3n) is 11.1. The zero-order valence-corrected chi connectivity index (χ0v) is 33.3. The lowest BCUT2D eigenvalue weighted by molar-refractivity contribution is -0.150. The highest BCUT2D eigenvalue weighted by Gasteiger charge is 2.43. The fourth-order valence-electron chi connectivity index (χ4n) is 7.53. The van der Waals surface area contributed by atoms with Crippen molar-refractivity contribution in [3.05, 3.63) is 35.9 Å². The number of hydrogen-bond donors (Lipinski definition) is 2. The van der Waals surface area contributed by atoms with Gasteiger partial charge in [-0.05, 0) is 43.7 Å². The summed E-state index contributed by atoms with van der Waals surface area (Å²) in [4.78, 5) is 72.1. The quantitative estimate of drug-likeness (QED) is 0.170. The van der Waals surface area contributed by atoms with Crippen molar-refractivity contribution >= 4 is 29.5 Å². The van der Waals surface area contributed by atoms with Crippen LogP contribution >= 0.6 is 0 Å². The first-order valence-corrected chi connectivity index (χ1v) is 18.9. The van der Waals surface area contributed by atoms with E-state index in [0.717, 1.165) is 18.4 Å². The molecule has 1 aliphatic rings. The lowest BCUT2D eigenvalue weighted by Crippen LogP contribution is -2.54. The number of rotatable bonds is 23. The van der Waals surface area contributed by atoms with E-state index in [4.69, 9.17) is 9.47 Å². The van der Waals surface area contributed by atoms with Gasteiger partial charge in [-0.15, -0.1) is 0 Å². The summed E-state index contributed by atoms with van der Waals surface area (Å²) < 4.78 is 11.9. The molecule has 1 aromatic rings. The number of hydrogen-bond acceptors (Lipinski definition) is 8. The van der Waals surface area contributed by atoms with Gasteiger partial charge in [0.15, 0.2) is 0 Å². The molecule has 0 aromatic heterocycles. The maximum atomic E-state index is 14.1. The van der Waals surface area contributed by atoms with Gasteiger partial charge in [0.1, 0.15) is 5.78 Å². The SMILES string of the molecule is CC[C@H](C)[C@@H]([C@@H](CC(=O)N1CCC[C@H]1[C@H](OC)[C@@H](C)C(=O)C[C@@H](Cc1ccccc1)C(=O)O)OC)N(C)C(=O)[C@@H](CC(=O)N(C)CCNC)C(C)C. The van der Waals surface area contributed by atoms with Crippen LogP contribution in [-0.4, -0.2) is 129 Å². The normalized spacial score (nSPS) is 18.6. The fourth-order valence-corrected chi connectivity index (χ4v) is 7.53. The lowest BCUT2D eigenvalue weighted by Gasteiger charge is -2.41. The van der Waals surface area contributed by atoms with Crippen molar-refractivity contribution in [2.75, 3.05) is 55.0 Å². The first-order valence-electron chi connectivity index (χ1n) is 18.9. The van der Waals surface area contributed by atoms with E-state index in [1.54, 1.807) is 42.8 Å². The molecule has 1 saturated heterocycles. The molecule has 0 unspecified atom stereocenters. The van der Waals surface area contributed by atoms with Crippen LogP contribution in [0.15, 0.2) is 30.3 Å². The van der Waals surface area contributed by atoms with Crippen LogP contribution in [0.4, 0.5) is 0 Å². The number of amides is 3. The van der Waals surface area contributed by atoms with Crippen molar-refractivity contribution in [2.24, 2.45) is 29.6 Å². The number of ether oxygens (including phenoxy) is 2. The Labute approximate surface area is 311 Å². The number of carboxylic acid groups (broad SMARTS) is 1. The second-order valence-electron chi connectivity index (χ2n) is 15.0. The van der Waals surface area contributed by atoms with Crippen LogP contribution in [0.2, 0.25) is 0 Å². The van der Waals surface area contributed by atoms with Crippen molar-refractivity contribution in [3.8, 4) is 0 Å². The zero-order valence-electron chi connectivity index (χ0n) is 33.3. The minimum absolute atomic E-state index is 0.00896. The van der Waals surface area contributed by atoms with E-state index in [1.165, 1.54) is 7.11 Å². The summed E-state index contributed by atoms with van der Waals surface area (Å²) in [6, 6.07) is 8.46. The summed E-state index contributed by atoms with van der Waals surface area (Å²) in [6.45, 7) is 11.4. The highest BCUT2D eigenvalue weighted by molar-refractivity contribution is 5.87. The van der Waals surface area contributed by atoms with Gasteiger partial charge in [0, 0.05) is 72.6 Å². The second-order valence-corrected chi connectivity index (χ2v) is 15.0. The van der Waals surface area contributed by atoms with Crippen LogP contribution < -0.4 is 5.32 Å². The Balaban J connectivity index is 2.24. The lowest BCUT2D eigenvalue weighted by atomic mass is 9.85. The third kappa shape index (κ3) is 12.4. The van der Waals surface area contributed by atoms with Gasteiger partial charge in [-0.1, -0.05) is 71.4 Å². The maximum Gasteiger partial charge on any atom is 0.307 e. The summed E-state index contributed by atoms with van der Waals surface area (Å²) >= 11 is 0. The average Bonchev–Trinajstić information content (AvgIpc) is 3.61. The van der Waals surface area contributed by atoms with E-state index >= 15 is 0 Å². The standard InChI is InChI=1S/C40H66N4O8/c1-11-27(4)37(43(8)39(48)31(26(2)3)24-35(46)42(7)21-19-41-6)34(51-9)25-36(47)44-20-15-18-32(44)38(52-10)28(5)33(45)23-30(40(49)50)22-29-16-13-12-14-17-29/h12-14,16-17,26-28,30-32,34,37-38,41H,11,15,18-25H2,1-10H3,(H,49,50)/t27-,28-,30+,31-,32-,34+,37-,38+/m0/s1. The van der Waals surface area contributed by atoms with Gasteiger partial charge in [-0.3, -0.25) is 24.0 Å². The number of carbonyl (C=O) groups excluding carboxylic acids is 4. The first-order chi connectivity index (χ1) is 24.6. The van der Waals surface area contributed by atoms with Crippen molar-refractivity contribution in [1.29, 1.82) is 0 Å². The Bertz CT molecular complexity index is 1290. The van der Waals surface area contributed by atoms with Gasteiger partial charge in [-0.2, -0.15) is 0 Å². The molecule has 0 saturated carbocycles. The molecule has 2 N–H and O–H groups in total. The second kappa shape index (κ2) is 22.0. The number of ketones is 1. The number of likely N-dealkylation sites (tertiary alicyclic amines) is 1. The van der Waals surface area contributed by atoms with Crippen LogP contribution in [-0.2, 0) is 39.9 Å². The smallest absolute Gasteiger partial charge is 0.307 e. The number of carboxylic acids is 1. The number of aliphatic carboxylic acids is 1. The number of benzene rings is 1. The topological polar surface area (TPSA) is 146 Å². The van der Waals surface area contributed by atoms with Gasteiger partial charge < -0.3 is 34.6 Å². The number of nitrogens with one attached hydrogen (secondary N) is 1. The van der Waals surface area contributed by atoms with Gasteiger partial charge in [0.2, 0.25) is 17.7 Å². The van der Waals surface area contributed by atoms with Gasteiger partial charge in [0.05, 0.1) is 36.6 Å². The molecule has 1 heterocycles. The summed E-state index contributed by atoms with van der Waals surface area (Å²) in [5, 5.41) is 13.0. The molecule has 0 spiro atoms. The van der Waals surface area contributed by atoms with Gasteiger partial charge in [-0.25, -0.2) is 0 Å². The molecule has 1 fully saturated rings. The molecule has 12 heteroatoms. The minimum atomic E-state index is -1.02. The predicted octanol–water partition coefficient (Wildman–Crippen LogP) is 4.15. The summed E-state index contributed by atoms with van der Waals surface area (Å²) in [6.07, 6.45) is 1.12. The number of carbonyl (C=O) groups is 5. The number of nitrogens with zero attached hydrogens (tertiary/aromatic N) is 3. The molecule has 52 heavy (non-hydrogen) atoms. The molecule has 1 aromatic carbocycles. The molecule has 1 aliphatic heterocycles. The highest BCUT2D eigenvalue weighted by Crippen LogP contribution is 2.31. The fraction of sp³-hybridized carbons (Fsp3) is 0.725. The molecule has 3 amide bonds. The van der Waals surface area contributed by atoms with Crippen LogP contribution in [0, 0.1) is 29.6 Å². The average molecular weight is 731 g/mol. The van der Waals surface area contributed by atoms with Crippen LogP contribution in [0.25, 0.3) is 0 Å². The molecule has 294 valence electrons. The number of Topliss-reactive ketones (excluding diaryl/α,β-unsaturated/α-hetero) is 1. The molecule has 2 rings (SSSR count). The van der Waals surface area contributed by atoms with Crippen molar-refractivity contribution in [1.82, 2.24) is 20.0 Å². The van der Waals surface area contributed by atoms with Gasteiger partial charge in [0.25, 0.3) is 0 Å². The Morgan fingerprint density at radius 2 is 1.63 bits per heavy atom. The zero-order chi connectivity index (χ0) is 39.1. The van der Waals surface area contributed by atoms with Crippen LogP contribution in [0.5, 0.6) is 0 Å². The Kier molecular flexibility index (Phi) is 19.0. The van der Waals surface area contributed by atoms with E-state index in [9.17, 15) is 29.1 Å². The number of methoxy groups -OCH3 is 2. The molecule has 0 radical (unpaired) electrons. The van der Waals surface area contributed by atoms with E-state index < -0.39 is 42.0 Å². The van der Waals surface area contributed by atoms with E-state index in [1.807, 2.05) is 65.1 Å². The summed E-state index contributed by atoms with van der Waals surface area (Å²) in [7, 11) is 8.40. The monoisotopic (exact) mass is 730 g/mol. The summed E-state index contributed by atoms with van der Waals surface area (Å²) in [5.41, 5.74) is 0.850. The molecule has 8 atom stereocenters. The van der Waals surface area contributed by atoms with Crippen molar-refractivity contribution in [2.45, 2.75) is 104 Å². The highest BCUT2D eigenvalue weighted by atomic mass is 16.5. The van der Waals surface area contributed by atoms with E-state index in [2.05, 4.69) is 5.32 Å². The van der Waals surface area contributed by atoms with Crippen molar-refractivity contribution in [3.63, 3.8) is 0 Å². The van der Waals surface area contributed by atoms with Crippen LogP contribution in [0.1, 0.15) is 78.7 Å². The molecular formula is C40H66N4O8. The minimum Gasteiger partial charge on any atom is -0.481 e. The molecule has 12 nitrogen and oxygen atoms in total. The Morgan fingerprint density at radius 1 is 0.981 bits per heavy atom. The van der Waals surface area contributed by atoms with E-state index in [0.29, 0.717) is 26.1 Å². The van der Waals surface area contributed by atoms with Gasteiger partial charge >= 0.3 is 5.97 Å². The summed E-state index contributed by atoms with van der Waals surface area (Å²) in [5.74, 6) is -3.77. The van der Waals surface area contributed by atoms with E-state index in [-0.39, 0.29) is 67.1 Å². The predicted molar refractivity (Wildman–Crippen MR) is 202 cm³/mol. The maximum absolute atomic E-state index is 14.1. The van der Waals surface area contributed by atoms with Crippen LogP contribution in [0.3, 0.4) is 0 Å². The Hall–Kier alpha value is -3.35. The van der Waals surface area contributed by atoms with Crippen molar-refractivity contribution < 1.29 is 38.6 Å². The molecule has 0 bridgehead atoms. The molecule has 0 aliphatic carbocycles. The largest absolute Gasteiger partial charge is 0.481 e. The molecular weight excluding hydrogens is 664 g/mol. The number of likely N-dealkylation sites (N-methyl/N-ethyl adjacent to an activating group) is 3.